The number of nitrogens with zero attached hydrogens (tertiary/aromatic N) is 5. The minimum absolute atomic E-state index is 0.0579. The summed E-state index contributed by atoms with van der Waals surface area (Å²) in [5, 5.41) is 7.75. The Hall–Kier alpha value is -3.36. The van der Waals surface area contributed by atoms with Gasteiger partial charge in [-0.05, 0) is 31.0 Å². The Morgan fingerprint density at radius 3 is 2.83 bits per heavy atom. The number of anilines is 1. The van der Waals surface area contributed by atoms with E-state index in [1.807, 2.05) is 24.3 Å². The molecule has 3 heterocycles. The van der Waals surface area contributed by atoms with Gasteiger partial charge in [0.05, 0.1) is 19.3 Å². The molecule has 3 amide bonds. The van der Waals surface area contributed by atoms with Gasteiger partial charge in [0.25, 0.3) is 0 Å². The highest BCUT2D eigenvalue weighted by atomic mass is 16.5. The van der Waals surface area contributed by atoms with Crippen LogP contribution in [0.3, 0.4) is 0 Å². The quantitative estimate of drug-likeness (QED) is 0.720. The molecule has 2 aliphatic rings. The standard InChI is InChI=1S/C21H25N5O4/c1-29-18-8-3-2-7-17(18)26-13-12-25(21(26)28)15-20(27)24-11-5-6-16(14-24)30-19-9-4-10-22-23-19/h2-4,7-10,16H,5-6,11-15H2,1H3. The molecule has 2 saturated heterocycles. The molecule has 0 spiro atoms. The SMILES string of the molecule is COc1ccccc1N1CCN(CC(=O)N2CCCC(Oc3cccnn3)C2)C1=O. The van der Waals surface area contributed by atoms with Crippen molar-refractivity contribution in [3.05, 3.63) is 42.6 Å². The van der Waals surface area contributed by atoms with Crippen LogP contribution in [0.5, 0.6) is 11.6 Å². The topological polar surface area (TPSA) is 88.1 Å². The van der Waals surface area contributed by atoms with E-state index < -0.39 is 0 Å². The smallest absolute Gasteiger partial charge is 0.325 e. The molecule has 1 aromatic heterocycles. The molecule has 9 nitrogen and oxygen atoms in total. The van der Waals surface area contributed by atoms with E-state index in [4.69, 9.17) is 9.47 Å². The van der Waals surface area contributed by atoms with Crippen molar-refractivity contribution in [2.75, 3.05) is 44.7 Å². The van der Waals surface area contributed by atoms with Crippen molar-refractivity contribution < 1.29 is 19.1 Å². The minimum atomic E-state index is -0.183. The first-order chi connectivity index (χ1) is 14.7. The molecule has 4 rings (SSSR count). The van der Waals surface area contributed by atoms with Crippen LogP contribution in [0, 0.1) is 0 Å². The van der Waals surface area contributed by atoms with E-state index >= 15 is 0 Å². The molecule has 2 aliphatic heterocycles. The third-order valence-corrected chi connectivity index (χ3v) is 5.36. The van der Waals surface area contributed by atoms with Crippen LogP contribution < -0.4 is 14.4 Å². The molecule has 0 N–H and O–H groups in total. The number of ether oxygens (including phenoxy) is 2. The van der Waals surface area contributed by atoms with Crippen molar-refractivity contribution in [3.8, 4) is 11.6 Å². The Labute approximate surface area is 175 Å². The first kappa shape index (κ1) is 19.9. The molecule has 1 unspecified atom stereocenters. The van der Waals surface area contributed by atoms with E-state index in [1.165, 1.54) is 0 Å². The monoisotopic (exact) mass is 411 g/mol. The van der Waals surface area contributed by atoms with E-state index in [1.54, 1.807) is 40.1 Å². The number of likely N-dealkylation sites (tertiary alicyclic amines) is 1. The maximum absolute atomic E-state index is 12.9. The van der Waals surface area contributed by atoms with Gasteiger partial charge in [0, 0.05) is 31.9 Å². The molecule has 30 heavy (non-hydrogen) atoms. The average Bonchev–Trinajstić information content (AvgIpc) is 3.14. The molecule has 2 aromatic rings. The summed E-state index contributed by atoms with van der Waals surface area (Å²) in [5.74, 6) is 1.02. The van der Waals surface area contributed by atoms with Crippen LogP contribution in [0.4, 0.5) is 10.5 Å². The lowest BCUT2D eigenvalue weighted by atomic mass is 10.1. The van der Waals surface area contributed by atoms with Gasteiger partial charge in [0.15, 0.2) is 0 Å². The second-order valence-electron chi connectivity index (χ2n) is 7.31. The van der Waals surface area contributed by atoms with Gasteiger partial charge in [0.2, 0.25) is 11.8 Å². The number of carbonyl (C=O) groups excluding carboxylic acids is 2. The van der Waals surface area contributed by atoms with Gasteiger partial charge in [-0.25, -0.2) is 4.79 Å². The van der Waals surface area contributed by atoms with Gasteiger partial charge in [0.1, 0.15) is 18.4 Å². The van der Waals surface area contributed by atoms with E-state index in [0.717, 1.165) is 18.5 Å². The zero-order chi connectivity index (χ0) is 20.9. The molecule has 1 aromatic carbocycles. The second kappa shape index (κ2) is 8.98. The number of para-hydroxylation sites is 2. The van der Waals surface area contributed by atoms with Crippen LogP contribution in [-0.4, -0.2) is 77.9 Å². The number of hydrogen-bond donors (Lipinski definition) is 0. The fraction of sp³-hybridized carbons (Fsp3) is 0.429. The summed E-state index contributed by atoms with van der Waals surface area (Å²) in [4.78, 5) is 30.8. The summed E-state index contributed by atoms with van der Waals surface area (Å²) in [7, 11) is 1.58. The number of benzene rings is 1. The largest absolute Gasteiger partial charge is 0.495 e. The number of piperidine rings is 1. The molecule has 0 bridgehead atoms. The maximum atomic E-state index is 12.9. The number of methoxy groups -OCH3 is 1. The fourth-order valence-corrected chi connectivity index (χ4v) is 3.85. The van der Waals surface area contributed by atoms with Crippen LogP contribution in [0.2, 0.25) is 0 Å². The third-order valence-electron chi connectivity index (χ3n) is 5.36. The van der Waals surface area contributed by atoms with Gasteiger partial charge in [-0.1, -0.05) is 12.1 Å². The number of amides is 3. The van der Waals surface area contributed by atoms with Gasteiger partial charge >= 0.3 is 6.03 Å². The van der Waals surface area contributed by atoms with Crippen molar-refractivity contribution in [2.24, 2.45) is 0 Å². The molecule has 0 radical (unpaired) electrons. The predicted octanol–water partition coefficient (Wildman–Crippen LogP) is 1.80. The second-order valence-corrected chi connectivity index (χ2v) is 7.31. The Bertz CT molecular complexity index is 894. The molecule has 158 valence electrons. The third kappa shape index (κ3) is 4.29. The fourth-order valence-electron chi connectivity index (χ4n) is 3.85. The summed E-state index contributed by atoms with van der Waals surface area (Å²) in [6.07, 6.45) is 3.16. The van der Waals surface area contributed by atoms with Gasteiger partial charge in [-0.3, -0.25) is 9.69 Å². The molecule has 0 saturated carbocycles. The van der Waals surface area contributed by atoms with E-state index in [-0.39, 0.29) is 24.6 Å². The summed E-state index contributed by atoms with van der Waals surface area (Å²) in [5.41, 5.74) is 0.718. The highest BCUT2D eigenvalue weighted by Gasteiger charge is 2.34. The van der Waals surface area contributed by atoms with Gasteiger partial charge < -0.3 is 19.3 Å². The first-order valence-electron chi connectivity index (χ1n) is 10.1. The summed E-state index contributed by atoms with van der Waals surface area (Å²) >= 11 is 0. The van der Waals surface area contributed by atoms with Crippen molar-refractivity contribution in [1.82, 2.24) is 20.0 Å². The maximum Gasteiger partial charge on any atom is 0.325 e. The Morgan fingerprint density at radius 2 is 2.03 bits per heavy atom. The number of carbonyl (C=O) groups is 2. The summed E-state index contributed by atoms with van der Waals surface area (Å²) in [6.45, 7) is 2.22. The zero-order valence-electron chi connectivity index (χ0n) is 16.9. The Kier molecular flexibility index (Phi) is 5.97. The van der Waals surface area contributed by atoms with Crippen LogP contribution in [-0.2, 0) is 4.79 Å². The number of hydrogen-bond acceptors (Lipinski definition) is 6. The highest BCUT2D eigenvalue weighted by Crippen LogP contribution is 2.30. The molecule has 2 fully saturated rings. The molecular formula is C21H25N5O4. The highest BCUT2D eigenvalue weighted by molar-refractivity contribution is 5.97. The number of aromatic nitrogens is 2. The van der Waals surface area contributed by atoms with Crippen molar-refractivity contribution in [1.29, 1.82) is 0 Å². The van der Waals surface area contributed by atoms with E-state index in [9.17, 15) is 9.59 Å². The number of urea groups is 1. The predicted molar refractivity (Wildman–Crippen MR) is 110 cm³/mol. The zero-order valence-corrected chi connectivity index (χ0v) is 16.9. The van der Waals surface area contributed by atoms with Gasteiger partial charge in [-0.2, -0.15) is 5.10 Å². The average molecular weight is 411 g/mol. The van der Waals surface area contributed by atoms with Crippen LogP contribution in [0.1, 0.15) is 12.8 Å². The van der Waals surface area contributed by atoms with E-state index in [2.05, 4.69) is 10.2 Å². The first-order valence-corrected chi connectivity index (χ1v) is 10.1. The van der Waals surface area contributed by atoms with Crippen molar-refractivity contribution in [3.63, 3.8) is 0 Å². The lowest BCUT2D eigenvalue weighted by molar-refractivity contribution is -0.134. The van der Waals surface area contributed by atoms with Crippen LogP contribution in [0.15, 0.2) is 42.6 Å². The minimum Gasteiger partial charge on any atom is -0.495 e. The lowest BCUT2D eigenvalue weighted by Gasteiger charge is -2.33. The molecule has 1 atom stereocenters. The number of rotatable bonds is 6. The molecule has 0 aliphatic carbocycles. The lowest BCUT2D eigenvalue weighted by Crippen LogP contribution is -2.48. The summed E-state index contributed by atoms with van der Waals surface area (Å²) < 4.78 is 11.2. The normalized spacial score (nSPS) is 19.2. The van der Waals surface area contributed by atoms with Crippen LogP contribution >= 0.6 is 0 Å². The van der Waals surface area contributed by atoms with E-state index in [0.29, 0.717) is 37.8 Å². The van der Waals surface area contributed by atoms with Crippen LogP contribution in [0.25, 0.3) is 0 Å². The van der Waals surface area contributed by atoms with Gasteiger partial charge in [-0.15, -0.1) is 5.10 Å². The molecule has 9 heteroatoms. The van der Waals surface area contributed by atoms with Crippen molar-refractivity contribution in [2.45, 2.75) is 18.9 Å². The Balaban J connectivity index is 1.35. The summed E-state index contributed by atoms with van der Waals surface area (Å²) in [6, 6.07) is 10.7. The molecular weight excluding hydrogens is 386 g/mol. The van der Waals surface area contributed by atoms with Crippen molar-refractivity contribution >= 4 is 17.6 Å². The Morgan fingerprint density at radius 1 is 1.17 bits per heavy atom.